The van der Waals surface area contributed by atoms with Gasteiger partial charge in [0.05, 0.1) is 11.2 Å². The van der Waals surface area contributed by atoms with Gasteiger partial charge in [-0.1, -0.05) is 6.08 Å². The molecule has 0 N–H and O–H groups in total. The number of Topliss-reactive ketones (excluding diaryl/α,β-unsaturated/α-hetero) is 1. The number of fused-ring (bicyclic) bond motifs is 3. The van der Waals surface area contributed by atoms with Gasteiger partial charge in [0.2, 0.25) is 0 Å². The summed E-state index contributed by atoms with van der Waals surface area (Å²) < 4.78 is 27.7. The van der Waals surface area contributed by atoms with Gasteiger partial charge in [-0.05, 0) is 34.1 Å². The Balaban J connectivity index is 2.15. The van der Waals surface area contributed by atoms with Gasteiger partial charge in [-0.15, -0.1) is 0 Å². The highest BCUT2D eigenvalue weighted by Gasteiger charge is 2.63. The van der Waals surface area contributed by atoms with Crippen molar-refractivity contribution >= 4 is 29.7 Å². The van der Waals surface area contributed by atoms with E-state index in [9.17, 15) is 24.0 Å². The van der Waals surface area contributed by atoms with Gasteiger partial charge in [0, 0.05) is 37.8 Å². The molecule has 10 nitrogen and oxygen atoms in total. The van der Waals surface area contributed by atoms with Crippen molar-refractivity contribution in [1.29, 1.82) is 0 Å². The molecule has 1 aliphatic carbocycles. The molecule has 34 heavy (non-hydrogen) atoms. The predicted octanol–water partition coefficient (Wildman–Crippen LogP) is 1.88. The van der Waals surface area contributed by atoms with Gasteiger partial charge in [0.1, 0.15) is 18.8 Å². The fraction of sp³-hybridized carbons (Fsp3) is 0.625. The van der Waals surface area contributed by atoms with E-state index in [0.717, 1.165) is 0 Å². The topological polar surface area (TPSA) is 135 Å². The van der Waals surface area contributed by atoms with Gasteiger partial charge < -0.3 is 23.7 Å². The molecule has 3 rings (SSSR count). The third-order valence-electron chi connectivity index (χ3n) is 6.50. The van der Waals surface area contributed by atoms with Crippen LogP contribution in [0.5, 0.6) is 0 Å². The summed E-state index contributed by atoms with van der Waals surface area (Å²) in [5.74, 6) is -3.08. The quantitative estimate of drug-likeness (QED) is 0.249. The van der Waals surface area contributed by atoms with Gasteiger partial charge in [0.15, 0.2) is 17.5 Å². The summed E-state index contributed by atoms with van der Waals surface area (Å²) in [6, 6.07) is 0. The first-order valence-corrected chi connectivity index (χ1v) is 11.1. The lowest BCUT2D eigenvalue weighted by molar-refractivity contribution is -0.169. The Morgan fingerprint density at radius 3 is 2.38 bits per heavy atom. The Hall–Kier alpha value is -3.01. The monoisotopic (exact) mass is 478 g/mol. The molecule has 2 heterocycles. The summed E-state index contributed by atoms with van der Waals surface area (Å²) in [4.78, 5) is 62.1. The highest BCUT2D eigenvalue weighted by molar-refractivity contribution is 5.95. The second-order valence-corrected chi connectivity index (χ2v) is 9.21. The molecule has 0 aromatic carbocycles. The van der Waals surface area contributed by atoms with Crippen molar-refractivity contribution in [2.24, 2.45) is 0 Å². The Kier molecular flexibility index (Phi) is 7.02. The number of ether oxygens (including phenoxy) is 5. The van der Waals surface area contributed by atoms with Crippen LogP contribution < -0.4 is 0 Å². The number of carbonyl (C=O) groups is 5. The highest BCUT2D eigenvalue weighted by atomic mass is 16.7. The van der Waals surface area contributed by atoms with E-state index in [2.05, 4.69) is 0 Å². The molecule has 0 spiro atoms. The van der Waals surface area contributed by atoms with Crippen molar-refractivity contribution in [3.8, 4) is 0 Å². The zero-order valence-corrected chi connectivity index (χ0v) is 20.2. The lowest BCUT2D eigenvalue weighted by Crippen LogP contribution is -2.47. The normalized spacial score (nSPS) is 33.4. The highest BCUT2D eigenvalue weighted by Crippen LogP contribution is 2.50. The van der Waals surface area contributed by atoms with Crippen LogP contribution in [0.2, 0.25) is 0 Å². The number of rotatable bonds is 5. The van der Waals surface area contributed by atoms with E-state index in [-0.39, 0.29) is 29.8 Å². The summed E-state index contributed by atoms with van der Waals surface area (Å²) in [6.07, 6.45) is -1.01. The third kappa shape index (κ3) is 5.06. The van der Waals surface area contributed by atoms with Crippen LogP contribution in [0.3, 0.4) is 0 Å². The molecular formula is C24H30O10. The van der Waals surface area contributed by atoms with Crippen molar-refractivity contribution in [1.82, 2.24) is 0 Å². The van der Waals surface area contributed by atoms with Crippen molar-refractivity contribution in [3.05, 3.63) is 22.8 Å². The molecule has 0 bridgehead atoms. The van der Waals surface area contributed by atoms with E-state index >= 15 is 0 Å². The average Bonchev–Trinajstić information content (AvgIpc) is 3.30. The zero-order chi connectivity index (χ0) is 25.4. The fourth-order valence-corrected chi connectivity index (χ4v) is 4.36. The zero-order valence-electron chi connectivity index (χ0n) is 20.2. The molecule has 5 unspecified atom stereocenters. The number of epoxide rings is 1. The van der Waals surface area contributed by atoms with Crippen LogP contribution in [-0.2, 0) is 47.7 Å². The van der Waals surface area contributed by atoms with Crippen LogP contribution in [0.25, 0.3) is 0 Å². The van der Waals surface area contributed by atoms with Crippen molar-refractivity contribution < 1.29 is 47.7 Å². The van der Waals surface area contributed by atoms with E-state index in [1.807, 2.05) is 0 Å². The SMILES string of the molecule is C/C=C(\C)C(=O)OC1CC(C)(OC(C)=O)C(=O)CCC2(C)OC2C2OC(=O)C(COC(C)=O)=C12. The van der Waals surface area contributed by atoms with Crippen LogP contribution in [0, 0.1) is 0 Å². The minimum Gasteiger partial charge on any atom is -0.461 e. The van der Waals surface area contributed by atoms with E-state index in [1.54, 1.807) is 26.8 Å². The van der Waals surface area contributed by atoms with E-state index in [1.165, 1.54) is 20.8 Å². The number of hydrogen-bond donors (Lipinski definition) is 0. The molecule has 1 saturated carbocycles. The molecule has 0 aromatic rings. The van der Waals surface area contributed by atoms with Crippen molar-refractivity contribution in [2.75, 3.05) is 6.61 Å². The van der Waals surface area contributed by atoms with Gasteiger partial charge in [-0.25, -0.2) is 9.59 Å². The molecular weight excluding hydrogens is 448 g/mol. The fourth-order valence-electron chi connectivity index (χ4n) is 4.36. The Morgan fingerprint density at radius 2 is 1.79 bits per heavy atom. The second kappa shape index (κ2) is 9.32. The first kappa shape index (κ1) is 25.6. The van der Waals surface area contributed by atoms with Gasteiger partial charge >= 0.3 is 23.9 Å². The molecule has 2 fully saturated rings. The van der Waals surface area contributed by atoms with E-state index in [0.29, 0.717) is 12.0 Å². The molecule has 2 aliphatic heterocycles. The molecule has 10 heteroatoms. The maximum atomic E-state index is 13.2. The van der Waals surface area contributed by atoms with Crippen LogP contribution in [0.1, 0.15) is 60.8 Å². The predicted molar refractivity (Wildman–Crippen MR) is 115 cm³/mol. The molecule has 5 atom stereocenters. The van der Waals surface area contributed by atoms with Crippen molar-refractivity contribution in [2.45, 2.75) is 90.3 Å². The minimum absolute atomic E-state index is 0.00665. The van der Waals surface area contributed by atoms with Crippen LogP contribution in [0.15, 0.2) is 22.8 Å². The summed E-state index contributed by atoms with van der Waals surface area (Å²) in [5, 5.41) is 0. The molecule has 1 saturated heterocycles. The number of carbonyl (C=O) groups excluding carboxylic acids is 5. The largest absolute Gasteiger partial charge is 0.461 e. The van der Waals surface area contributed by atoms with Gasteiger partial charge in [-0.2, -0.15) is 0 Å². The first-order chi connectivity index (χ1) is 15.8. The smallest absolute Gasteiger partial charge is 0.338 e. The standard InChI is InChI=1S/C24H30O10/c1-7-12(2)21(28)31-16-10-24(6,33-14(4)26)17(27)8-9-23(5)20(34-23)19-18(16)15(22(29)32-19)11-30-13(3)25/h7,16,19-20H,8-11H2,1-6H3/b12-7+. The van der Waals surface area contributed by atoms with Gasteiger partial charge in [0.25, 0.3) is 0 Å². The minimum atomic E-state index is -1.64. The number of ketones is 1. The molecule has 0 amide bonds. The lowest BCUT2D eigenvalue weighted by Gasteiger charge is -2.34. The summed E-state index contributed by atoms with van der Waals surface area (Å²) in [5.41, 5.74) is -1.87. The average molecular weight is 478 g/mol. The number of hydrogen-bond acceptors (Lipinski definition) is 10. The Bertz CT molecular complexity index is 992. The number of esters is 4. The molecule has 0 aromatic heterocycles. The Labute approximate surface area is 197 Å². The van der Waals surface area contributed by atoms with E-state index in [4.69, 9.17) is 23.7 Å². The summed E-state index contributed by atoms with van der Waals surface area (Å²) in [6.45, 7) is 8.43. The maximum absolute atomic E-state index is 13.2. The number of allylic oxidation sites excluding steroid dienone is 1. The Morgan fingerprint density at radius 1 is 1.12 bits per heavy atom. The van der Waals surface area contributed by atoms with Crippen LogP contribution in [-0.4, -0.2) is 65.8 Å². The third-order valence-corrected chi connectivity index (χ3v) is 6.50. The molecule has 186 valence electrons. The van der Waals surface area contributed by atoms with Crippen LogP contribution >= 0.6 is 0 Å². The second-order valence-electron chi connectivity index (χ2n) is 9.21. The maximum Gasteiger partial charge on any atom is 0.338 e. The van der Waals surface area contributed by atoms with Gasteiger partial charge in [-0.3, -0.25) is 14.4 Å². The first-order valence-electron chi connectivity index (χ1n) is 11.1. The molecule has 3 aliphatic rings. The lowest BCUT2D eigenvalue weighted by atomic mass is 9.80. The van der Waals surface area contributed by atoms with Crippen molar-refractivity contribution in [3.63, 3.8) is 0 Å². The van der Waals surface area contributed by atoms with E-state index < -0.39 is 60.0 Å². The summed E-state index contributed by atoms with van der Waals surface area (Å²) >= 11 is 0. The summed E-state index contributed by atoms with van der Waals surface area (Å²) in [7, 11) is 0. The van der Waals surface area contributed by atoms with Crippen LogP contribution in [0.4, 0.5) is 0 Å². The molecule has 0 radical (unpaired) electrons.